The number of rotatable bonds is 6. The van der Waals surface area contributed by atoms with E-state index < -0.39 is 5.92 Å². The quantitative estimate of drug-likeness (QED) is 0.537. The molecule has 1 aliphatic heterocycles. The number of ether oxygens (including phenoxy) is 4. The third-order valence-corrected chi connectivity index (χ3v) is 5.23. The molecular formula is C23H22N4O5. The van der Waals surface area contributed by atoms with Gasteiger partial charge in [0.25, 0.3) is 0 Å². The first kappa shape index (κ1) is 20.9. The maximum Gasteiger partial charge on any atom is 0.244 e. The molecule has 4 rings (SSSR count). The summed E-state index contributed by atoms with van der Waals surface area (Å²) in [6.45, 7) is 2.40. The molecule has 1 atom stereocenters. The fourth-order valence-corrected chi connectivity index (χ4v) is 3.78. The average molecular weight is 434 g/mol. The van der Waals surface area contributed by atoms with E-state index in [9.17, 15) is 10.4 Å². The van der Waals surface area contributed by atoms with Crippen molar-refractivity contribution in [2.45, 2.75) is 12.8 Å². The molecule has 0 bridgehead atoms. The van der Waals surface area contributed by atoms with Gasteiger partial charge in [-0.2, -0.15) is 5.26 Å². The Morgan fingerprint density at radius 1 is 1.16 bits per heavy atom. The molecule has 0 saturated carbocycles. The van der Waals surface area contributed by atoms with Crippen LogP contribution >= 0.6 is 0 Å². The molecule has 1 aromatic heterocycles. The predicted octanol–water partition coefficient (Wildman–Crippen LogP) is 3.42. The molecule has 9 heteroatoms. The van der Waals surface area contributed by atoms with Crippen molar-refractivity contribution in [3.8, 4) is 46.2 Å². The normalized spacial score (nSPS) is 14.9. The number of phenolic OH excluding ortho intramolecular Hbond substituents is 1. The van der Waals surface area contributed by atoms with Crippen LogP contribution in [0, 0.1) is 11.3 Å². The largest absolute Gasteiger partial charge is 0.504 e. The van der Waals surface area contributed by atoms with Crippen LogP contribution in [0.25, 0.3) is 11.3 Å². The van der Waals surface area contributed by atoms with Gasteiger partial charge in [0, 0.05) is 5.56 Å². The molecule has 0 aliphatic carbocycles. The molecule has 164 valence electrons. The number of fused-ring (bicyclic) bond motifs is 1. The van der Waals surface area contributed by atoms with E-state index in [-0.39, 0.29) is 23.1 Å². The zero-order valence-corrected chi connectivity index (χ0v) is 17.8. The lowest BCUT2D eigenvalue weighted by molar-refractivity contribution is 0.311. The lowest BCUT2D eigenvalue weighted by atomic mass is 9.83. The molecule has 0 amide bonds. The summed E-state index contributed by atoms with van der Waals surface area (Å²) < 4.78 is 21.9. The SMILES string of the molecule is CCOc1ccc(-c2[nH]nc3c2[C@@H](c2ccc(OC)c(O)c2)C(C#N)=C(N)O3)cc1OC. The molecule has 0 spiro atoms. The van der Waals surface area contributed by atoms with Gasteiger partial charge in [-0.05, 0) is 42.8 Å². The van der Waals surface area contributed by atoms with Crippen LogP contribution in [0.5, 0.6) is 28.9 Å². The molecule has 0 radical (unpaired) electrons. The average Bonchev–Trinajstić information content (AvgIpc) is 3.21. The zero-order valence-electron chi connectivity index (χ0n) is 17.8. The van der Waals surface area contributed by atoms with Gasteiger partial charge in [-0.15, -0.1) is 5.10 Å². The third-order valence-electron chi connectivity index (χ3n) is 5.23. The van der Waals surface area contributed by atoms with Crippen molar-refractivity contribution in [2.75, 3.05) is 20.8 Å². The van der Waals surface area contributed by atoms with Crippen LogP contribution in [-0.4, -0.2) is 36.1 Å². The van der Waals surface area contributed by atoms with Gasteiger partial charge < -0.3 is 29.8 Å². The van der Waals surface area contributed by atoms with Gasteiger partial charge in [-0.1, -0.05) is 6.07 Å². The number of nitrogens with two attached hydrogens (primary N) is 1. The zero-order chi connectivity index (χ0) is 22.8. The van der Waals surface area contributed by atoms with Crippen LogP contribution in [0.2, 0.25) is 0 Å². The summed E-state index contributed by atoms with van der Waals surface area (Å²) in [5.74, 6) is 1.03. The first-order chi connectivity index (χ1) is 15.5. The number of nitrogens with one attached hydrogen (secondary N) is 1. The summed E-state index contributed by atoms with van der Waals surface area (Å²) in [6, 6.07) is 12.5. The number of methoxy groups -OCH3 is 2. The van der Waals surface area contributed by atoms with Gasteiger partial charge in [-0.3, -0.25) is 5.10 Å². The highest BCUT2D eigenvalue weighted by Gasteiger charge is 2.36. The highest BCUT2D eigenvalue weighted by atomic mass is 16.5. The fourth-order valence-electron chi connectivity index (χ4n) is 3.78. The number of benzene rings is 2. The van der Waals surface area contributed by atoms with Crippen LogP contribution in [0.4, 0.5) is 0 Å². The molecule has 0 unspecified atom stereocenters. The van der Waals surface area contributed by atoms with Gasteiger partial charge in [0.2, 0.25) is 11.8 Å². The first-order valence-electron chi connectivity index (χ1n) is 9.86. The van der Waals surface area contributed by atoms with E-state index >= 15 is 0 Å². The highest BCUT2D eigenvalue weighted by Crippen LogP contribution is 2.47. The number of nitriles is 1. The second-order valence-electron chi connectivity index (χ2n) is 6.97. The minimum absolute atomic E-state index is 0.0392. The summed E-state index contributed by atoms with van der Waals surface area (Å²) in [7, 11) is 3.03. The molecule has 9 nitrogen and oxygen atoms in total. The Morgan fingerprint density at radius 2 is 1.91 bits per heavy atom. The van der Waals surface area contributed by atoms with Gasteiger partial charge in [-0.25, -0.2) is 0 Å². The van der Waals surface area contributed by atoms with Gasteiger partial charge in [0.05, 0.1) is 38.0 Å². The number of hydrogen-bond donors (Lipinski definition) is 3. The monoisotopic (exact) mass is 434 g/mol. The Hall–Kier alpha value is -4.32. The number of aromatic amines is 1. The number of nitrogens with zero attached hydrogens (tertiary/aromatic N) is 2. The van der Waals surface area contributed by atoms with Gasteiger partial charge in [0.15, 0.2) is 23.0 Å². The Bertz CT molecular complexity index is 1240. The fraction of sp³-hybridized carbons (Fsp3) is 0.217. The Morgan fingerprint density at radius 3 is 2.56 bits per heavy atom. The van der Waals surface area contributed by atoms with Crippen molar-refractivity contribution in [2.24, 2.45) is 5.73 Å². The Labute approximate surface area is 184 Å². The number of hydrogen-bond acceptors (Lipinski definition) is 8. The van der Waals surface area contributed by atoms with Gasteiger partial charge >= 0.3 is 0 Å². The van der Waals surface area contributed by atoms with Crippen molar-refractivity contribution >= 4 is 0 Å². The van der Waals surface area contributed by atoms with Crippen molar-refractivity contribution in [1.29, 1.82) is 5.26 Å². The molecular weight excluding hydrogens is 412 g/mol. The number of H-pyrrole nitrogens is 1. The standard InChI is InChI=1S/C23H22N4O5/c1-4-31-17-8-6-13(10-18(17)30-3)21-20-19(12-5-7-16(29-2)15(28)9-12)14(11-24)22(25)32-23(20)27-26-21/h5-10,19,28H,4,25H2,1-3H3,(H,26,27)/t19-/m0/s1. The maximum atomic E-state index is 10.3. The van der Waals surface area contributed by atoms with Crippen molar-refractivity contribution in [3.05, 3.63) is 59.0 Å². The molecule has 3 aromatic rings. The number of aromatic hydroxyl groups is 1. The second-order valence-corrected chi connectivity index (χ2v) is 6.97. The van der Waals surface area contributed by atoms with Crippen molar-refractivity contribution in [1.82, 2.24) is 10.2 Å². The molecule has 32 heavy (non-hydrogen) atoms. The van der Waals surface area contributed by atoms with E-state index in [0.717, 1.165) is 5.56 Å². The van der Waals surface area contributed by atoms with E-state index in [1.807, 2.05) is 19.1 Å². The lowest BCUT2D eigenvalue weighted by Crippen LogP contribution is -2.21. The molecule has 1 aliphatic rings. The van der Waals surface area contributed by atoms with E-state index in [4.69, 9.17) is 24.7 Å². The lowest BCUT2D eigenvalue weighted by Gasteiger charge is -2.24. The summed E-state index contributed by atoms with van der Waals surface area (Å²) in [5, 5.41) is 27.4. The summed E-state index contributed by atoms with van der Waals surface area (Å²) in [4.78, 5) is 0. The first-order valence-corrected chi connectivity index (χ1v) is 9.86. The van der Waals surface area contributed by atoms with Crippen LogP contribution in [0.15, 0.2) is 47.9 Å². The number of aromatic nitrogens is 2. The molecule has 2 heterocycles. The molecule has 0 saturated heterocycles. The minimum atomic E-state index is -0.619. The second kappa shape index (κ2) is 8.43. The van der Waals surface area contributed by atoms with Crippen LogP contribution in [0.1, 0.15) is 24.0 Å². The smallest absolute Gasteiger partial charge is 0.244 e. The molecule has 0 fully saturated rings. The Kier molecular flexibility index (Phi) is 5.52. The summed E-state index contributed by atoms with van der Waals surface area (Å²) in [5.41, 5.74) is 8.87. The predicted molar refractivity (Wildman–Crippen MR) is 116 cm³/mol. The van der Waals surface area contributed by atoms with E-state index in [2.05, 4.69) is 16.3 Å². The van der Waals surface area contributed by atoms with Crippen LogP contribution in [-0.2, 0) is 0 Å². The van der Waals surface area contributed by atoms with Crippen molar-refractivity contribution in [3.63, 3.8) is 0 Å². The van der Waals surface area contributed by atoms with E-state index in [1.165, 1.54) is 7.11 Å². The summed E-state index contributed by atoms with van der Waals surface area (Å²) >= 11 is 0. The number of allylic oxidation sites excluding steroid dienone is 1. The third kappa shape index (κ3) is 3.41. The number of phenols is 1. The minimum Gasteiger partial charge on any atom is -0.504 e. The topological polar surface area (TPSA) is 136 Å². The molecule has 4 N–H and O–H groups in total. The van der Waals surface area contributed by atoms with Crippen LogP contribution in [0.3, 0.4) is 0 Å². The highest BCUT2D eigenvalue weighted by molar-refractivity contribution is 5.73. The summed E-state index contributed by atoms with van der Waals surface area (Å²) in [6.07, 6.45) is 0. The van der Waals surface area contributed by atoms with Crippen LogP contribution < -0.4 is 24.7 Å². The maximum absolute atomic E-state index is 10.3. The van der Waals surface area contributed by atoms with Gasteiger partial charge in [0.1, 0.15) is 11.6 Å². The van der Waals surface area contributed by atoms with E-state index in [0.29, 0.717) is 40.7 Å². The van der Waals surface area contributed by atoms with Crippen molar-refractivity contribution < 1.29 is 24.1 Å². The molecule has 2 aromatic carbocycles. The Balaban J connectivity index is 1.89. The van der Waals surface area contributed by atoms with E-state index in [1.54, 1.807) is 31.4 Å².